The van der Waals surface area contributed by atoms with Gasteiger partial charge in [-0.25, -0.2) is 0 Å². The average Bonchev–Trinajstić information content (AvgIpc) is 2.55. The minimum Gasteiger partial charge on any atom is -0.303 e. The molecule has 2 aliphatic rings. The second-order valence-corrected chi connectivity index (χ2v) is 7.67. The summed E-state index contributed by atoms with van der Waals surface area (Å²) in [5.74, 6) is 2.04. The summed E-state index contributed by atoms with van der Waals surface area (Å²) in [6.07, 6.45) is 10.2. The smallest absolute Gasteiger partial charge is 0.0124 e. The highest BCUT2D eigenvalue weighted by atomic mass is 15.2. The summed E-state index contributed by atoms with van der Waals surface area (Å²) in [5.41, 5.74) is 0.524. The lowest BCUT2D eigenvalue weighted by atomic mass is 9.77. The highest BCUT2D eigenvalue weighted by molar-refractivity contribution is 4.93. The molecule has 1 saturated carbocycles. The lowest BCUT2D eigenvalue weighted by Crippen LogP contribution is -2.31. The van der Waals surface area contributed by atoms with Gasteiger partial charge in [0, 0.05) is 12.6 Å². The number of nitrogens with zero attached hydrogens (tertiary/aromatic N) is 1. The Bertz CT molecular complexity index is 240. The molecule has 0 bridgehead atoms. The molecule has 1 nitrogen and oxygen atoms in total. The highest BCUT2D eigenvalue weighted by Crippen LogP contribution is 2.41. The van der Waals surface area contributed by atoms with E-state index in [-0.39, 0.29) is 0 Å². The summed E-state index contributed by atoms with van der Waals surface area (Å²) in [7, 11) is 2.35. The molecule has 1 aliphatic carbocycles. The van der Waals surface area contributed by atoms with E-state index in [0.29, 0.717) is 5.41 Å². The van der Waals surface area contributed by atoms with Crippen molar-refractivity contribution < 1.29 is 0 Å². The molecule has 0 N–H and O–H groups in total. The number of hydrogen-bond acceptors (Lipinski definition) is 1. The van der Waals surface area contributed by atoms with Gasteiger partial charge in [-0.1, -0.05) is 40.0 Å². The lowest BCUT2D eigenvalue weighted by molar-refractivity contribution is 0.203. The van der Waals surface area contributed by atoms with Gasteiger partial charge in [0.25, 0.3) is 0 Å². The molecule has 100 valence electrons. The van der Waals surface area contributed by atoms with E-state index in [9.17, 15) is 0 Å². The Labute approximate surface area is 108 Å². The monoisotopic (exact) mass is 237 g/mol. The predicted octanol–water partition coefficient (Wildman–Crippen LogP) is 4.32. The minimum absolute atomic E-state index is 0.524. The van der Waals surface area contributed by atoms with Crippen LogP contribution in [0.15, 0.2) is 0 Å². The van der Waals surface area contributed by atoms with Crippen LogP contribution in [-0.2, 0) is 0 Å². The first-order valence-electron chi connectivity index (χ1n) is 7.67. The van der Waals surface area contributed by atoms with Gasteiger partial charge in [0.15, 0.2) is 0 Å². The molecule has 3 atom stereocenters. The van der Waals surface area contributed by atoms with Crippen molar-refractivity contribution in [1.82, 2.24) is 4.90 Å². The Kier molecular flexibility index (Phi) is 4.18. The highest BCUT2D eigenvalue weighted by Gasteiger charge is 2.40. The number of rotatable bonds is 3. The third-order valence-corrected chi connectivity index (χ3v) is 4.98. The quantitative estimate of drug-likeness (QED) is 0.706. The van der Waals surface area contributed by atoms with Crippen molar-refractivity contribution in [2.75, 3.05) is 13.6 Å². The Morgan fingerprint density at radius 2 is 1.82 bits per heavy atom. The number of likely N-dealkylation sites (tertiary alicyclic amines) is 1. The lowest BCUT2D eigenvalue weighted by Gasteiger charge is -2.31. The zero-order chi connectivity index (χ0) is 12.5. The maximum atomic E-state index is 2.66. The molecule has 1 saturated heterocycles. The molecule has 2 fully saturated rings. The third-order valence-electron chi connectivity index (χ3n) is 4.98. The molecule has 1 aliphatic heterocycles. The molecule has 1 heteroatoms. The van der Waals surface area contributed by atoms with E-state index < -0.39 is 0 Å². The van der Waals surface area contributed by atoms with Gasteiger partial charge in [0.05, 0.1) is 0 Å². The molecule has 3 unspecified atom stereocenters. The van der Waals surface area contributed by atoms with Crippen LogP contribution in [0.4, 0.5) is 0 Å². The molecule has 0 amide bonds. The van der Waals surface area contributed by atoms with Gasteiger partial charge >= 0.3 is 0 Å². The largest absolute Gasteiger partial charge is 0.303 e. The predicted molar refractivity (Wildman–Crippen MR) is 75.2 cm³/mol. The Morgan fingerprint density at radius 3 is 2.53 bits per heavy atom. The molecule has 1 heterocycles. The first-order valence-corrected chi connectivity index (χ1v) is 7.67. The fraction of sp³-hybridized carbons (Fsp3) is 1.00. The van der Waals surface area contributed by atoms with Gasteiger partial charge in [-0.15, -0.1) is 0 Å². The van der Waals surface area contributed by atoms with Crippen LogP contribution < -0.4 is 0 Å². The molecular weight excluding hydrogens is 206 g/mol. The normalized spacial score (nSPS) is 34.9. The first-order chi connectivity index (χ1) is 7.97. The zero-order valence-corrected chi connectivity index (χ0v) is 12.3. The van der Waals surface area contributed by atoms with E-state index in [4.69, 9.17) is 0 Å². The van der Waals surface area contributed by atoms with Gasteiger partial charge in [-0.3, -0.25) is 0 Å². The molecule has 2 rings (SSSR count). The molecule has 0 radical (unpaired) electrons. The molecule has 0 aromatic rings. The topological polar surface area (TPSA) is 3.24 Å². The maximum absolute atomic E-state index is 2.66. The van der Waals surface area contributed by atoms with Crippen LogP contribution in [0.5, 0.6) is 0 Å². The summed E-state index contributed by atoms with van der Waals surface area (Å²) in [6, 6.07) is 0.934. The van der Waals surface area contributed by atoms with Crippen LogP contribution in [-0.4, -0.2) is 24.5 Å². The Hall–Kier alpha value is -0.0400. The number of fused-ring (bicyclic) bond motifs is 1. The van der Waals surface area contributed by atoms with E-state index in [0.717, 1.165) is 17.9 Å². The minimum atomic E-state index is 0.524. The molecular formula is C16H31N. The van der Waals surface area contributed by atoms with Gasteiger partial charge in [0.1, 0.15) is 0 Å². The Balaban J connectivity index is 1.81. The fourth-order valence-electron chi connectivity index (χ4n) is 4.08. The van der Waals surface area contributed by atoms with Crippen LogP contribution in [0.3, 0.4) is 0 Å². The molecule has 0 aromatic heterocycles. The van der Waals surface area contributed by atoms with Crippen molar-refractivity contribution in [2.45, 2.75) is 71.8 Å². The standard InChI is InChI=1S/C16H31N/c1-16(2,3)11-7-8-13-12-17(4)15-10-6-5-9-14(13)15/h13-15H,5-12H2,1-4H3. The van der Waals surface area contributed by atoms with Gasteiger partial charge in [-0.2, -0.15) is 0 Å². The average molecular weight is 237 g/mol. The van der Waals surface area contributed by atoms with Crippen molar-refractivity contribution >= 4 is 0 Å². The molecule has 17 heavy (non-hydrogen) atoms. The van der Waals surface area contributed by atoms with Crippen LogP contribution in [0.25, 0.3) is 0 Å². The van der Waals surface area contributed by atoms with Crippen molar-refractivity contribution in [2.24, 2.45) is 17.3 Å². The van der Waals surface area contributed by atoms with Crippen molar-refractivity contribution in [3.05, 3.63) is 0 Å². The summed E-state index contributed by atoms with van der Waals surface area (Å²) in [6.45, 7) is 8.49. The van der Waals surface area contributed by atoms with E-state index in [1.165, 1.54) is 51.5 Å². The summed E-state index contributed by atoms with van der Waals surface area (Å²) < 4.78 is 0. The third kappa shape index (κ3) is 3.47. The summed E-state index contributed by atoms with van der Waals surface area (Å²) in [4.78, 5) is 2.66. The fourth-order valence-corrected chi connectivity index (χ4v) is 4.08. The van der Waals surface area contributed by atoms with Crippen LogP contribution in [0.1, 0.15) is 65.7 Å². The van der Waals surface area contributed by atoms with Gasteiger partial charge in [0.2, 0.25) is 0 Å². The first kappa shape index (κ1) is 13.4. The van der Waals surface area contributed by atoms with Crippen molar-refractivity contribution in [1.29, 1.82) is 0 Å². The van der Waals surface area contributed by atoms with Crippen molar-refractivity contribution in [3.63, 3.8) is 0 Å². The summed E-state index contributed by atoms with van der Waals surface area (Å²) in [5, 5.41) is 0. The van der Waals surface area contributed by atoms with E-state index >= 15 is 0 Å². The molecule has 0 aromatic carbocycles. The summed E-state index contributed by atoms with van der Waals surface area (Å²) >= 11 is 0. The van der Waals surface area contributed by atoms with E-state index in [1.54, 1.807) is 0 Å². The second kappa shape index (κ2) is 5.30. The van der Waals surface area contributed by atoms with E-state index in [1.807, 2.05) is 0 Å². The van der Waals surface area contributed by atoms with Crippen LogP contribution in [0.2, 0.25) is 0 Å². The van der Waals surface area contributed by atoms with Crippen LogP contribution in [0, 0.1) is 17.3 Å². The molecule has 0 spiro atoms. The maximum Gasteiger partial charge on any atom is 0.0124 e. The van der Waals surface area contributed by atoms with Crippen LogP contribution >= 0.6 is 0 Å². The Morgan fingerprint density at radius 1 is 1.12 bits per heavy atom. The van der Waals surface area contributed by atoms with Gasteiger partial charge < -0.3 is 4.90 Å². The van der Waals surface area contributed by atoms with Crippen molar-refractivity contribution in [3.8, 4) is 0 Å². The number of hydrogen-bond donors (Lipinski definition) is 0. The second-order valence-electron chi connectivity index (χ2n) is 7.67. The zero-order valence-electron chi connectivity index (χ0n) is 12.3. The SMILES string of the molecule is CN1CC(CCCC(C)(C)C)C2CCCCC21. The van der Waals surface area contributed by atoms with Gasteiger partial charge in [-0.05, 0) is 50.0 Å². The van der Waals surface area contributed by atoms with E-state index in [2.05, 4.69) is 32.7 Å².